The van der Waals surface area contributed by atoms with Gasteiger partial charge in [0.25, 0.3) is 17.4 Å². The van der Waals surface area contributed by atoms with Crippen LogP contribution in [0.25, 0.3) is 5.69 Å². The lowest BCUT2D eigenvalue weighted by molar-refractivity contribution is 0.0940. The lowest BCUT2D eigenvalue weighted by atomic mass is 10.1. The summed E-state index contributed by atoms with van der Waals surface area (Å²) in [6, 6.07) is 18.5. The molecule has 0 saturated carbocycles. The summed E-state index contributed by atoms with van der Waals surface area (Å²) in [7, 11) is 1.57. The number of aromatic nitrogens is 2. The Balaban J connectivity index is 1.71. The maximum Gasteiger partial charge on any atom is 0.272 e. The first-order valence-corrected chi connectivity index (χ1v) is 8.33. The van der Waals surface area contributed by atoms with Crippen molar-refractivity contribution in [3.8, 4) is 5.69 Å². The monoisotopic (exact) mass is 362 g/mol. The van der Waals surface area contributed by atoms with Crippen LogP contribution in [0, 0.1) is 0 Å². The molecule has 7 heteroatoms. The molecule has 1 aromatic heterocycles. The van der Waals surface area contributed by atoms with Gasteiger partial charge in [-0.3, -0.25) is 14.4 Å². The van der Waals surface area contributed by atoms with E-state index < -0.39 is 5.91 Å². The molecule has 136 valence electrons. The number of carbonyl (C=O) groups excluding carboxylic acids is 2. The summed E-state index contributed by atoms with van der Waals surface area (Å²) in [4.78, 5) is 35.9. The minimum Gasteiger partial charge on any atom is -0.355 e. The Hall–Kier alpha value is -3.74. The van der Waals surface area contributed by atoms with Crippen LogP contribution in [0.2, 0.25) is 0 Å². The molecule has 3 rings (SSSR count). The highest BCUT2D eigenvalue weighted by Gasteiger charge is 2.11. The first kappa shape index (κ1) is 18.1. The Morgan fingerprint density at radius 1 is 0.926 bits per heavy atom. The maximum atomic E-state index is 12.4. The van der Waals surface area contributed by atoms with E-state index in [0.29, 0.717) is 11.3 Å². The summed E-state index contributed by atoms with van der Waals surface area (Å²) in [5, 5.41) is 9.45. The molecule has 7 nitrogen and oxygen atoms in total. The van der Waals surface area contributed by atoms with Crippen molar-refractivity contribution >= 4 is 11.8 Å². The van der Waals surface area contributed by atoms with E-state index in [2.05, 4.69) is 15.7 Å². The van der Waals surface area contributed by atoms with Gasteiger partial charge in [-0.2, -0.15) is 9.78 Å². The van der Waals surface area contributed by atoms with E-state index in [1.807, 2.05) is 6.07 Å². The number of rotatable bonds is 5. The number of nitrogens with one attached hydrogen (secondary N) is 2. The van der Waals surface area contributed by atoms with Crippen LogP contribution in [0.15, 0.2) is 71.5 Å². The molecular weight excluding hydrogens is 344 g/mol. The van der Waals surface area contributed by atoms with E-state index in [4.69, 9.17) is 0 Å². The zero-order valence-corrected chi connectivity index (χ0v) is 14.7. The lowest BCUT2D eigenvalue weighted by Crippen LogP contribution is -2.28. The van der Waals surface area contributed by atoms with Crippen LogP contribution in [0.4, 0.5) is 0 Å². The molecule has 0 spiro atoms. The molecule has 27 heavy (non-hydrogen) atoms. The summed E-state index contributed by atoms with van der Waals surface area (Å²) < 4.78 is 1.19. The number of nitrogens with zero attached hydrogens (tertiary/aromatic N) is 2. The van der Waals surface area contributed by atoms with Crippen molar-refractivity contribution in [3.63, 3.8) is 0 Å². The summed E-state index contributed by atoms with van der Waals surface area (Å²) in [6.45, 7) is 0.277. The van der Waals surface area contributed by atoms with Crippen molar-refractivity contribution in [3.05, 3.63) is 93.9 Å². The third-order valence-corrected chi connectivity index (χ3v) is 3.93. The molecular formula is C20H18N4O3. The van der Waals surface area contributed by atoms with E-state index in [1.54, 1.807) is 55.6 Å². The standard InChI is InChI=1S/C20H18N4O3/c1-21-19(26)15-9-7-14(8-10-15)13-22-20(27)17-11-12-18(25)24(23-17)16-5-3-2-4-6-16/h2-12H,13H2,1H3,(H,21,26)(H,22,27). The molecule has 0 aliphatic rings. The second-order valence-corrected chi connectivity index (χ2v) is 5.76. The van der Waals surface area contributed by atoms with Crippen LogP contribution in [-0.2, 0) is 6.54 Å². The summed E-state index contributed by atoms with van der Waals surface area (Å²) in [6.07, 6.45) is 0. The molecule has 2 amide bonds. The second kappa shape index (κ2) is 8.09. The predicted octanol–water partition coefficient (Wildman–Crippen LogP) is 1.52. The Kier molecular flexibility index (Phi) is 5.41. The SMILES string of the molecule is CNC(=O)c1ccc(CNC(=O)c2ccc(=O)n(-c3ccccc3)n2)cc1. The molecule has 3 aromatic rings. The van der Waals surface area contributed by atoms with Gasteiger partial charge in [0.15, 0.2) is 0 Å². The highest BCUT2D eigenvalue weighted by molar-refractivity contribution is 5.94. The third kappa shape index (κ3) is 4.27. The van der Waals surface area contributed by atoms with Crippen molar-refractivity contribution in [2.75, 3.05) is 7.05 Å². The zero-order valence-electron chi connectivity index (χ0n) is 14.7. The summed E-state index contributed by atoms with van der Waals surface area (Å²) in [5.74, 6) is -0.562. The van der Waals surface area contributed by atoms with Crippen molar-refractivity contribution in [2.45, 2.75) is 6.54 Å². The van der Waals surface area contributed by atoms with Crippen molar-refractivity contribution in [1.29, 1.82) is 0 Å². The Labute approximate surface area is 155 Å². The molecule has 0 unspecified atom stereocenters. The molecule has 0 atom stereocenters. The highest BCUT2D eigenvalue weighted by Crippen LogP contribution is 2.06. The van der Waals surface area contributed by atoms with Crippen LogP contribution < -0.4 is 16.2 Å². The van der Waals surface area contributed by atoms with E-state index >= 15 is 0 Å². The van der Waals surface area contributed by atoms with Gasteiger partial charge in [-0.15, -0.1) is 0 Å². The van der Waals surface area contributed by atoms with Crippen LogP contribution in [-0.4, -0.2) is 28.6 Å². The molecule has 0 aliphatic heterocycles. The highest BCUT2D eigenvalue weighted by atomic mass is 16.2. The van der Waals surface area contributed by atoms with E-state index in [0.717, 1.165) is 5.56 Å². The number of hydrogen-bond acceptors (Lipinski definition) is 4. The summed E-state index contributed by atoms with van der Waals surface area (Å²) >= 11 is 0. The Bertz CT molecular complexity index is 1010. The number of hydrogen-bond donors (Lipinski definition) is 2. The maximum absolute atomic E-state index is 12.4. The molecule has 0 saturated heterocycles. The second-order valence-electron chi connectivity index (χ2n) is 5.76. The molecule has 2 N–H and O–H groups in total. The van der Waals surface area contributed by atoms with Gasteiger partial charge in [-0.1, -0.05) is 30.3 Å². The first-order valence-electron chi connectivity index (χ1n) is 8.33. The van der Waals surface area contributed by atoms with E-state index in [1.165, 1.54) is 16.8 Å². The lowest BCUT2D eigenvalue weighted by Gasteiger charge is -2.08. The Morgan fingerprint density at radius 2 is 1.63 bits per heavy atom. The number of benzene rings is 2. The van der Waals surface area contributed by atoms with Crippen molar-refractivity contribution in [1.82, 2.24) is 20.4 Å². The van der Waals surface area contributed by atoms with Gasteiger partial charge in [0.2, 0.25) is 0 Å². The van der Waals surface area contributed by atoms with Gasteiger partial charge in [0.05, 0.1) is 5.69 Å². The van der Waals surface area contributed by atoms with Gasteiger partial charge < -0.3 is 10.6 Å². The zero-order chi connectivity index (χ0) is 19.2. The van der Waals surface area contributed by atoms with Crippen LogP contribution in [0.1, 0.15) is 26.4 Å². The quantitative estimate of drug-likeness (QED) is 0.720. The van der Waals surface area contributed by atoms with Crippen LogP contribution >= 0.6 is 0 Å². The van der Waals surface area contributed by atoms with Crippen LogP contribution in [0.3, 0.4) is 0 Å². The molecule has 1 heterocycles. The van der Waals surface area contributed by atoms with Crippen molar-refractivity contribution < 1.29 is 9.59 Å². The van der Waals surface area contributed by atoms with Crippen LogP contribution in [0.5, 0.6) is 0 Å². The van der Waals surface area contributed by atoms with Gasteiger partial charge in [0.1, 0.15) is 5.69 Å². The fourth-order valence-electron chi connectivity index (χ4n) is 2.48. The molecule has 0 fully saturated rings. The molecule has 0 aliphatic carbocycles. The topological polar surface area (TPSA) is 93.1 Å². The van der Waals surface area contributed by atoms with E-state index in [-0.39, 0.29) is 23.7 Å². The normalized spacial score (nSPS) is 10.3. The largest absolute Gasteiger partial charge is 0.355 e. The fourth-order valence-corrected chi connectivity index (χ4v) is 2.48. The third-order valence-electron chi connectivity index (χ3n) is 3.93. The number of carbonyl (C=O) groups is 2. The molecule has 0 bridgehead atoms. The van der Waals surface area contributed by atoms with E-state index in [9.17, 15) is 14.4 Å². The number of para-hydroxylation sites is 1. The minimum absolute atomic E-state index is 0.139. The fraction of sp³-hybridized carbons (Fsp3) is 0.100. The first-order chi connectivity index (χ1) is 13.1. The van der Waals surface area contributed by atoms with Gasteiger partial charge in [0, 0.05) is 25.2 Å². The van der Waals surface area contributed by atoms with Gasteiger partial charge in [-0.25, -0.2) is 0 Å². The molecule has 0 radical (unpaired) electrons. The number of amides is 2. The van der Waals surface area contributed by atoms with Gasteiger partial charge in [-0.05, 0) is 35.9 Å². The predicted molar refractivity (Wildman–Crippen MR) is 101 cm³/mol. The minimum atomic E-state index is -0.393. The van der Waals surface area contributed by atoms with Crippen molar-refractivity contribution in [2.24, 2.45) is 0 Å². The smallest absolute Gasteiger partial charge is 0.272 e. The average Bonchev–Trinajstić information content (AvgIpc) is 2.72. The van der Waals surface area contributed by atoms with Gasteiger partial charge >= 0.3 is 0 Å². The molecule has 2 aromatic carbocycles. The Morgan fingerprint density at radius 3 is 2.30 bits per heavy atom. The average molecular weight is 362 g/mol. The summed E-state index contributed by atoms with van der Waals surface area (Å²) in [5.41, 5.74) is 1.79.